The van der Waals surface area contributed by atoms with Gasteiger partial charge in [0.1, 0.15) is 0 Å². The summed E-state index contributed by atoms with van der Waals surface area (Å²) < 4.78 is 25.8. The number of hydrogen-bond donors (Lipinski definition) is 0. The van der Waals surface area contributed by atoms with Gasteiger partial charge in [0.15, 0.2) is 0 Å². The van der Waals surface area contributed by atoms with Crippen LogP contribution in [0.25, 0.3) is 0 Å². The molecule has 0 heterocycles. The Bertz CT molecular complexity index is 376. The average Bonchev–Trinajstić information content (AvgIpc) is 2.44. The van der Waals surface area contributed by atoms with E-state index < -0.39 is 36.8 Å². The minimum atomic E-state index is -1.80. The van der Waals surface area contributed by atoms with Crippen LogP contribution in [0.15, 0.2) is 24.3 Å². The first-order chi connectivity index (χ1) is 9.21. The Hall–Kier alpha value is 0.570. The predicted octanol–water partition coefficient (Wildman–Crippen LogP) is 2.66. The summed E-state index contributed by atoms with van der Waals surface area (Å²) in [7, 11) is 0. The molecule has 0 aliphatic heterocycles. The van der Waals surface area contributed by atoms with Crippen molar-refractivity contribution in [3.05, 3.63) is 44.2 Å². The number of benzene rings is 1. The van der Waals surface area contributed by atoms with Gasteiger partial charge in [0.05, 0.1) is 0 Å². The zero-order chi connectivity index (χ0) is 17.0. The minimum Gasteiger partial charge on any atom is 0 e. The van der Waals surface area contributed by atoms with Crippen molar-refractivity contribution in [2.45, 2.75) is 29.6 Å². The van der Waals surface area contributed by atoms with Crippen molar-refractivity contribution in [1.29, 1.82) is 0 Å². The van der Waals surface area contributed by atoms with Gasteiger partial charge in [-0.15, -0.1) is 0 Å². The van der Waals surface area contributed by atoms with Crippen LogP contribution >= 0.6 is 0 Å². The van der Waals surface area contributed by atoms with Crippen molar-refractivity contribution in [2.75, 3.05) is 0 Å². The Morgan fingerprint density at radius 1 is 0.571 bits per heavy atom. The van der Waals surface area contributed by atoms with Crippen LogP contribution in [0.3, 0.4) is 0 Å². The zero-order valence-corrected chi connectivity index (χ0v) is 20.4. The standard InChI is InChI=1S/C6H4.3CO.6CH3.Cr.2Sn/c1-2-4-6-5-3-1;3*1-2;;;;;;;;;/h1-2,5-6H;;;;6*1H3;;;. The van der Waals surface area contributed by atoms with Crippen molar-refractivity contribution in [3.8, 4) is 0 Å². The molecule has 0 amide bonds. The molecule has 6 heteroatoms. The second kappa shape index (κ2) is 15.5. The molecule has 0 unspecified atom stereocenters. The molecule has 0 bridgehead atoms. The maximum Gasteiger partial charge on any atom is 0 e. The molecular formula is C15H22CrO3Sn2. The Morgan fingerprint density at radius 2 is 0.714 bits per heavy atom. The molecule has 0 spiro atoms. The van der Waals surface area contributed by atoms with Gasteiger partial charge < -0.3 is 0 Å². The summed E-state index contributed by atoms with van der Waals surface area (Å²) in [4.78, 5) is 14.9. The van der Waals surface area contributed by atoms with Crippen molar-refractivity contribution >= 4 is 43.9 Å². The van der Waals surface area contributed by atoms with E-state index in [1.807, 2.05) is 0 Å². The fourth-order valence-corrected chi connectivity index (χ4v) is 8.13. The van der Waals surface area contributed by atoms with E-state index in [0.29, 0.717) is 0 Å². The molecule has 1 rings (SSSR count). The molecule has 0 aliphatic carbocycles. The molecule has 3 nitrogen and oxygen atoms in total. The molecule has 0 N–H and O–H groups in total. The summed E-state index contributed by atoms with van der Waals surface area (Å²) in [5, 5.41) is 0. The third kappa shape index (κ3) is 13.9. The first-order valence-electron chi connectivity index (χ1n) is 5.93. The van der Waals surface area contributed by atoms with E-state index in [2.05, 4.69) is 73.9 Å². The minimum absolute atomic E-state index is 0. The maximum atomic E-state index is 7.50. The van der Waals surface area contributed by atoms with Crippen LogP contribution in [-0.4, -0.2) is 36.8 Å². The summed E-state index contributed by atoms with van der Waals surface area (Å²) in [6, 6.07) is 9.59. The summed E-state index contributed by atoms with van der Waals surface area (Å²) in [6.45, 7) is 13.5. The Kier molecular flexibility index (Phi) is 21.8. The summed E-state index contributed by atoms with van der Waals surface area (Å²) in [5.74, 6) is 0. The van der Waals surface area contributed by atoms with Crippen LogP contribution in [0.1, 0.15) is 0 Å². The summed E-state index contributed by atoms with van der Waals surface area (Å²) >= 11 is -3.59. The van der Waals surface area contributed by atoms with E-state index in [4.69, 9.17) is 14.0 Å². The molecule has 0 saturated heterocycles. The first-order valence-corrected chi connectivity index (χ1v) is 25.9. The fraction of sp³-hybridized carbons (Fsp3) is 0.400. The second-order valence-corrected chi connectivity index (χ2v) is 35.1. The van der Waals surface area contributed by atoms with Crippen molar-refractivity contribution in [2.24, 2.45) is 0 Å². The van der Waals surface area contributed by atoms with Gasteiger partial charge in [-0.3, -0.25) is 0 Å². The van der Waals surface area contributed by atoms with Crippen LogP contribution in [0.5, 0.6) is 0 Å². The van der Waals surface area contributed by atoms with E-state index in [9.17, 15) is 0 Å². The van der Waals surface area contributed by atoms with Gasteiger partial charge in [0.25, 0.3) is 0 Å². The van der Waals surface area contributed by atoms with Crippen LogP contribution < -0.4 is 7.16 Å². The van der Waals surface area contributed by atoms with Crippen LogP contribution in [0, 0.1) is 20.0 Å². The largest absolute Gasteiger partial charge is 0 e. The molecule has 0 fully saturated rings. The fourth-order valence-electron chi connectivity index (χ4n) is 1.47. The monoisotopic (exact) mass is 542 g/mol. The van der Waals surface area contributed by atoms with Gasteiger partial charge in [-0.2, -0.15) is 0 Å². The SMILES string of the molecule is [C-]#[O+].[C-]#[O+].[C-]#[O+].[CH3][Sn]([CH3])([CH3])[c]1cc[c]([Sn]([CH3])([CH3])[CH3])cc1.[Cr]. The molecule has 0 aliphatic rings. The quantitative estimate of drug-likeness (QED) is 0.315. The Morgan fingerprint density at radius 3 is 0.810 bits per heavy atom. The molecule has 114 valence electrons. The van der Waals surface area contributed by atoms with Crippen molar-refractivity contribution in [3.63, 3.8) is 0 Å². The van der Waals surface area contributed by atoms with Gasteiger partial charge in [-0.25, -0.2) is 0 Å². The first kappa shape index (κ1) is 29.6. The topological polar surface area (TPSA) is 59.7 Å². The van der Waals surface area contributed by atoms with Gasteiger partial charge in [-0.05, 0) is 0 Å². The van der Waals surface area contributed by atoms with Crippen molar-refractivity contribution in [1.82, 2.24) is 0 Å². The molecule has 1 aromatic rings. The number of hydrogen-bond acceptors (Lipinski definition) is 0. The van der Waals surface area contributed by atoms with E-state index in [1.54, 1.807) is 7.16 Å². The van der Waals surface area contributed by atoms with Gasteiger partial charge in [0.2, 0.25) is 0 Å². The van der Waals surface area contributed by atoms with Gasteiger partial charge in [0, 0.05) is 17.4 Å². The molecule has 21 heavy (non-hydrogen) atoms. The summed E-state index contributed by atoms with van der Waals surface area (Å²) in [5.41, 5.74) is 0. The van der Waals surface area contributed by atoms with Crippen molar-refractivity contribution < 1.29 is 31.3 Å². The third-order valence-corrected chi connectivity index (χ3v) is 14.4. The third-order valence-electron chi connectivity index (χ3n) is 2.62. The maximum absolute atomic E-state index is 7.50. The van der Waals surface area contributed by atoms with Crippen LogP contribution in [0.2, 0.25) is 29.6 Å². The average molecular weight is 540 g/mol. The van der Waals surface area contributed by atoms with Crippen LogP contribution in [0.4, 0.5) is 0 Å². The Balaban J connectivity index is -0.000000183. The molecule has 0 aromatic heterocycles. The Labute approximate surface area is 147 Å². The molecule has 0 radical (unpaired) electrons. The molecule has 0 atom stereocenters. The van der Waals surface area contributed by atoms with Gasteiger partial charge >= 0.3 is 132 Å². The van der Waals surface area contributed by atoms with Gasteiger partial charge in [-0.1, -0.05) is 0 Å². The predicted molar refractivity (Wildman–Crippen MR) is 84.2 cm³/mol. The smallest absolute Gasteiger partial charge is 0 e. The van der Waals surface area contributed by atoms with E-state index >= 15 is 0 Å². The molecule has 1 aromatic carbocycles. The normalized spacial score (nSPS) is 8.95. The van der Waals surface area contributed by atoms with E-state index in [0.717, 1.165) is 0 Å². The molecular weight excluding hydrogens is 518 g/mol. The second-order valence-electron chi connectivity index (χ2n) is 6.08. The van der Waals surface area contributed by atoms with Crippen LogP contribution in [-0.2, 0) is 31.3 Å². The molecule has 0 saturated carbocycles. The van der Waals surface area contributed by atoms with E-state index in [-0.39, 0.29) is 17.4 Å². The number of rotatable bonds is 2. The van der Waals surface area contributed by atoms with E-state index in [1.165, 1.54) is 0 Å². The zero-order valence-electron chi connectivity index (χ0n) is 13.4. The summed E-state index contributed by atoms with van der Waals surface area (Å²) in [6.07, 6.45) is 0.